The minimum absolute atomic E-state index is 0. The van der Waals surface area contributed by atoms with Crippen molar-refractivity contribution in [1.29, 1.82) is 15.9 Å². The van der Waals surface area contributed by atoms with Gasteiger partial charge in [0.25, 0.3) is 0 Å². The Kier molecular flexibility index (Phi) is 18.7. The van der Waals surface area contributed by atoms with E-state index in [0.29, 0.717) is 65.5 Å². The number of ketones is 2. The van der Waals surface area contributed by atoms with Crippen LogP contribution in [-0.4, -0.2) is 81.2 Å². The summed E-state index contributed by atoms with van der Waals surface area (Å²) in [5, 5.41) is 21.5. The minimum atomic E-state index is -0.681. The molecule has 2 atom stereocenters. The molecule has 0 aromatic rings. The summed E-state index contributed by atoms with van der Waals surface area (Å²) in [4.78, 5) is 20.9. The van der Waals surface area contributed by atoms with Crippen molar-refractivity contribution in [3.8, 4) is 6.07 Å². The molecule has 4 rings (SSSR count). The van der Waals surface area contributed by atoms with Crippen molar-refractivity contribution in [2.24, 2.45) is 11.5 Å². The molecule has 0 spiro atoms. The number of rotatable bonds is 1. The maximum absolute atomic E-state index is 10.8. The smallest absolute Gasteiger partial charge is 0.512 e. The SMILES string of the molecule is CC(=O)C1(N)CCOC1.N#CC1(N)CCOC1.N=C1CCOC1.O=C1CCOC1.[C-]#N.[Na+]. The summed E-state index contributed by atoms with van der Waals surface area (Å²) in [5.74, 6) is 0.259. The summed E-state index contributed by atoms with van der Waals surface area (Å²) in [5.41, 5.74) is 10.5. The van der Waals surface area contributed by atoms with Crippen LogP contribution >= 0.6 is 0 Å². The van der Waals surface area contributed by atoms with E-state index in [-0.39, 0.29) is 41.1 Å². The summed E-state index contributed by atoms with van der Waals surface area (Å²) in [7, 11) is 0. The molecule has 4 heterocycles. The molecular formula is C20H32N5NaO6. The first-order valence-electron chi connectivity index (χ1n) is 9.82. The number of carbonyl (C=O) groups excluding carboxylic acids is 2. The number of nitrogens with zero attached hydrogens (tertiary/aromatic N) is 2. The van der Waals surface area contributed by atoms with Crippen LogP contribution in [0.2, 0.25) is 0 Å². The molecule has 5 N–H and O–H groups in total. The molecule has 2 unspecified atom stereocenters. The Morgan fingerprint density at radius 3 is 1.75 bits per heavy atom. The van der Waals surface area contributed by atoms with Crippen molar-refractivity contribution in [1.82, 2.24) is 0 Å². The average molecular weight is 461 g/mol. The molecule has 0 aliphatic carbocycles. The van der Waals surface area contributed by atoms with Gasteiger partial charge in [0.1, 0.15) is 17.7 Å². The third-order valence-electron chi connectivity index (χ3n) is 4.64. The van der Waals surface area contributed by atoms with Gasteiger partial charge in [-0.15, -0.1) is 0 Å². The largest absolute Gasteiger partial charge is 1.00 e. The molecule has 4 fully saturated rings. The number of nitrogens with two attached hydrogens (primary N) is 2. The average Bonchev–Trinajstić information content (AvgIpc) is 3.56. The molecule has 0 amide bonds. The molecule has 0 saturated carbocycles. The number of ether oxygens (including phenoxy) is 4. The normalized spacial score (nSPS) is 27.5. The van der Waals surface area contributed by atoms with E-state index in [0.717, 1.165) is 18.7 Å². The second-order valence-corrected chi connectivity index (χ2v) is 7.33. The number of nitriles is 1. The van der Waals surface area contributed by atoms with Crippen molar-refractivity contribution in [3.63, 3.8) is 0 Å². The molecule has 4 aliphatic heterocycles. The fourth-order valence-electron chi connectivity index (χ4n) is 2.43. The van der Waals surface area contributed by atoms with E-state index in [1.165, 1.54) is 6.92 Å². The Morgan fingerprint density at radius 2 is 1.56 bits per heavy atom. The van der Waals surface area contributed by atoms with E-state index >= 15 is 0 Å². The summed E-state index contributed by atoms with van der Waals surface area (Å²) in [6, 6.07) is 1.99. The summed E-state index contributed by atoms with van der Waals surface area (Å²) in [6.45, 7) is 10.6. The number of carbonyl (C=O) groups is 2. The topological polar surface area (TPSA) is 195 Å². The molecule has 174 valence electrons. The van der Waals surface area contributed by atoms with E-state index in [1.807, 2.05) is 6.07 Å². The van der Waals surface area contributed by atoms with Gasteiger partial charge < -0.3 is 47.7 Å². The van der Waals surface area contributed by atoms with E-state index < -0.39 is 11.1 Å². The van der Waals surface area contributed by atoms with Gasteiger partial charge in [-0.05, 0) is 13.3 Å². The fraction of sp³-hybridized carbons (Fsp3) is 0.750. The van der Waals surface area contributed by atoms with Gasteiger partial charge in [-0.1, -0.05) is 0 Å². The first-order valence-corrected chi connectivity index (χ1v) is 9.82. The molecule has 11 nitrogen and oxygen atoms in total. The zero-order valence-corrected chi connectivity index (χ0v) is 21.0. The van der Waals surface area contributed by atoms with Gasteiger partial charge in [-0.2, -0.15) is 5.26 Å². The van der Waals surface area contributed by atoms with E-state index in [1.54, 1.807) is 0 Å². The summed E-state index contributed by atoms with van der Waals surface area (Å²) < 4.78 is 19.4. The molecule has 4 saturated heterocycles. The summed E-state index contributed by atoms with van der Waals surface area (Å²) >= 11 is 0. The van der Waals surface area contributed by atoms with Crippen molar-refractivity contribution in [2.75, 3.05) is 52.9 Å². The first-order chi connectivity index (χ1) is 14.7. The van der Waals surface area contributed by atoms with Crippen LogP contribution in [0.15, 0.2) is 0 Å². The third-order valence-corrected chi connectivity index (χ3v) is 4.64. The number of Topliss-reactive ketones (excluding diaryl/α,β-unsaturated/α-hetero) is 2. The van der Waals surface area contributed by atoms with Crippen LogP contribution < -0.4 is 41.0 Å². The van der Waals surface area contributed by atoms with Crippen LogP contribution in [0.25, 0.3) is 0 Å². The molecule has 12 heteroatoms. The standard InChI is InChI=1S/C6H11NO2.C5H8N2O.C4H7NO.C4H6O2.CN.Na/c1-5(8)6(7)2-3-9-4-6;6-3-5(7)1-2-8-4-5;2*5-4-1-2-6-3-4;1-2;/h2-4,7H2,1H3;1-2,4,7H2;5H,1-3H2;1-3H2;;/q;;;;-1;+1. The molecule has 0 bridgehead atoms. The van der Waals surface area contributed by atoms with Gasteiger partial charge in [0, 0.05) is 38.2 Å². The number of hydrogen-bond acceptors (Lipinski definition) is 11. The van der Waals surface area contributed by atoms with Gasteiger partial charge in [0.05, 0.1) is 39.1 Å². The zero-order chi connectivity index (χ0) is 23.8. The quantitative estimate of drug-likeness (QED) is 0.265. The minimum Gasteiger partial charge on any atom is -0.512 e. The second-order valence-electron chi connectivity index (χ2n) is 7.33. The maximum atomic E-state index is 10.8. The van der Waals surface area contributed by atoms with Crippen LogP contribution in [0.5, 0.6) is 0 Å². The fourth-order valence-corrected chi connectivity index (χ4v) is 2.43. The van der Waals surface area contributed by atoms with Crippen LogP contribution in [0.3, 0.4) is 0 Å². The number of hydrogen-bond donors (Lipinski definition) is 3. The monoisotopic (exact) mass is 461 g/mol. The van der Waals surface area contributed by atoms with Crippen LogP contribution in [0, 0.1) is 28.6 Å². The Morgan fingerprint density at radius 1 is 1.00 bits per heavy atom. The van der Waals surface area contributed by atoms with Crippen molar-refractivity contribution >= 4 is 17.3 Å². The molecular weight excluding hydrogens is 429 g/mol. The van der Waals surface area contributed by atoms with Gasteiger partial charge in [0.15, 0.2) is 11.6 Å². The van der Waals surface area contributed by atoms with Crippen LogP contribution in [-0.2, 0) is 28.5 Å². The Hall–Kier alpha value is -1.25. The van der Waals surface area contributed by atoms with E-state index in [2.05, 4.69) is 0 Å². The van der Waals surface area contributed by atoms with Crippen LogP contribution in [0.4, 0.5) is 0 Å². The number of nitrogens with one attached hydrogen (secondary N) is 1. The van der Waals surface area contributed by atoms with Gasteiger partial charge in [-0.25, -0.2) is 0 Å². The maximum Gasteiger partial charge on any atom is 1.00 e. The first kappa shape index (κ1) is 32.9. The van der Waals surface area contributed by atoms with Crippen molar-refractivity contribution < 1.29 is 58.1 Å². The Balaban J connectivity index is 0. The molecule has 32 heavy (non-hydrogen) atoms. The Labute approximate surface area is 211 Å². The van der Waals surface area contributed by atoms with E-state index in [4.69, 9.17) is 52.9 Å². The third kappa shape index (κ3) is 14.0. The second kappa shape index (κ2) is 18.2. The van der Waals surface area contributed by atoms with E-state index in [9.17, 15) is 9.59 Å². The summed E-state index contributed by atoms with van der Waals surface area (Å²) in [6.07, 6.45) is 2.81. The molecule has 4 aliphatic rings. The Bertz CT molecular complexity index is 604. The molecule has 0 aromatic heterocycles. The van der Waals surface area contributed by atoms with Gasteiger partial charge >= 0.3 is 29.6 Å². The van der Waals surface area contributed by atoms with Crippen molar-refractivity contribution in [2.45, 2.75) is 43.7 Å². The van der Waals surface area contributed by atoms with Gasteiger partial charge in [-0.3, -0.25) is 9.59 Å². The van der Waals surface area contributed by atoms with Crippen molar-refractivity contribution in [3.05, 3.63) is 6.57 Å². The van der Waals surface area contributed by atoms with Gasteiger partial charge in [0.2, 0.25) is 0 Å². The predicted octanol–water partition coefficient (Wildman–Crippen LogP) is -3.18. The molecule has 0 radical (unpaired) electrons. The predicted molar refractivity (Wildman–Crippen MR) is 110 cm³/mol. The zero-order valence-electron chi connectivity index (χ0n) is 19.0. The molecule has 0 aromatic carbocycles. The van der Waals surface area contributed by atoms with Crippen LogP contribution in [0.1, 0.15) is 32.6 Å².